The van der Waals surface area contributed by atoms with Gasteiger partial charge in [-0.1, -0.05) is 60.7 Å². The van der Waals surface area contributed by atoms with Gasteiger partial charge in [0.15, 0.2) is 0 Å². The van der Waals surface area contributed by atoms with Crippen LogP contribution in [0.25, 0.3) is 10.8 Å². The van der Waals surface area contributed by atoms with Crippen LogP contribution in [0.1, 0.15) is 32.3 Å². The Morgan fingerprint density at radius 3 is 2.80 bits per heavy atom. The summed E-state index contributed by atoms with van der Waals surface area (Å²) in [5.74, 6) is 0.325. The van der Waals surface area contributed by atoms with E-state index in [0.717, 1.165) is 40.5 Å². The molecule has 25 heavy (non-hydrogen) atoms. The van der Waals surface area contributed by atoms with E-state index in [9.17, 15) is 4.79 Å². The summed E-state index contributed by atoms with van der Waals surface area (Å²) in [7, 11) is 0. The number of carbonyl (C=O) groups excluding carboxylic acids is 1. The van der Waals surface area contributed by atoms with Crippen LogP contribution in [0.5, 0.6) is 0 Å². The number of benzene rings is 2. The Morgan fingerprint density at radius 2 is 2.00 bits per heavy atom. The average molecular weight is 332 g/mol. The maximum atomic E-state index is 12.4. The molecular formula is C22H24N2O. The number of rotatable bonds is 4. The van der Waals surface area contributed by atoms with Gasteiger partial charge in [-0.25, -0.2) is 5.43 Å². The normalized spacial score (nSPS) is 18.9. The predicted molar refractivity (Wildman–Crippen MR) is 105 cm³/mol. The van der Waals surface area contributed by atoms with Gasteiger partial charge in [0.25, 0.3) is 0 Å². The maximum absolute atomic E-state index is 12.4. The van der Waals surface area contributed by atoms with Gasteiger partial charge in [0.2, 0.25) is 5.91 Å². The van der Waals surface area contributed by atoms with Crippen molar-refractivity contribution in [3.63, 3.8) is 0 Å². The smallest absolute Gasteiger partial charge is 0.244 e. The Hall–Kier alpha value is -2.68. The van der Waals surface area contributed by atoms with Gasteiger partial charge < -0.3 is 0 Å². The lowest BCUT2D eigenvalue weighted by molar-refractivity contribution is -0.120. The van der Waals surface area contributed by atoms with Crippen LogP contribution in [-0.4, -0.2) is 11.6 Å². The molecule has 0 radical (unpaired) electrons. The van der Waals surface area contributed by atoms with Crippen LogP contribution in [0.2, 0.25) is 0 Å². The average Bonchev–Trinajstić information content (AvgIpc) is 2.61. The summed E-state index contributed by atoms with van der Waals surface area (Å²) in [6.07, 6.45) is 4.35. The summed E-state index contributed by atoms with van der Waals surface area (Å²) in [5.41, 5.74) is 7.01. The topological polar surface area (TPSA) is 41.5 Å². The number of amides is 1. The minimum Gasteiger partial charge on any atom is -0.273 e. The summed E-state index contributed by atoms with van der Waals surface area (Å²) in [6.45, 7) is 8.14. The van der Waals surface area contributed by atoms with Gasteiger partial charge in [0, 0.05) is 0 Å². The highest BCUT2D eigenvalue weighted by Crippen LogP contribution is 2.26. The highest BCUT2D eigenvalue weighted by molar-refractivity contribution is 6.01. The Balaban J connectivity index is 1.71. The highest BCUT2D eigenvalue weighted by Gasteiger charge is 2.18. The molecule has 0 bridgehead atoms. The fourth-order valence-corrected chi connectivity index (χ4v) is 3.21. The fraction of sp³-hybridized carbons (Fsp3) is 0.273. The molecule has 3 rings (SSSR count). The molecule has 2 aromatic carbocycles. The predicted octanol–water partition coefficient (Wildman–Crippen LogP) is 4.79. The van der Waals surface area contributed by atoms with E-state index in [4.69, 9.17) is 0 Å². The lowest BCUT2D eigenvalue weighted by atomic mass is 9.85. The van der Waals surface area contributed by atoms with E-state index in [0.29, 0.717) is 12.3 Å². The molecule has 0 heterocycles. The molecule has 3 heteroatoms. The zero-order valence-electron chi connectivity index (χ0n) is 14.9. The Kier molecular flexibility index (Phi) is 5.13. The number of nitrogens with one attached hydrogen (secondary N) is 1. The number of carbonyl (C=O) groups is 1. The van der Waals surface area contributed by atoms with Gasteiger partial charge in [-0.2, -0.15) is 5.10 Å². The lowest BCUT2D eigenvalue weighted by Gasteiger charge is -2.22. The summed E-state index contributed by atoms with van der Waals surface area (Å²) in [4.78, 5) is 12.4. The van der Waals surface area contributed by atoms with Crippen molar-refractivity contribution < 1.29 is 4.79 Å². The molecule has 0 spiro atoms. The second-order valence-electron chi connectivity index (χ2n) is 6.78. The van der Waals surface area contributed by atoms with E-state index in [1.54, 1.807) is 0 Å². The number of fused-ring (bicyclic) bond motifs is 1. The molecule has 1 unspecified atom stereocenters. The van der Waals surface area contributed by atoms with Crippen molar-refractivity contribution in [3.05, 3.63) is 71.8 Å². The molecule has 2 aromatic rings. The fourth-order valence-electron chi connectivity index (χ4n) is 3.21. The Morgan fingerprint density at radius 1 is 1.24 bits per heavy atom. The van der Waals surface area contributed by atoms with Crippen LogP contribution in [0.3, 0.4) is 0 Å². The number of allylic oxidation sites excluding steroid dienone is 3. The number of hydrogen-bond donors (Lipinski definition) is 1. The van der Waals surface area contributed by atoms with Crippen LogP contribution >= 0.6 is 0 Å². The SMILES string of the molecule is C=C(C)C1CC=C(C)C(=NNC(=O)Cc2cccc3ccccc23)C1. The largest absolute Gasteiger partial charge is 0.273 e. The molecule has 1 N–H and O–H groups in total. The first-order valence-electron chi connectivity index (χ1n) is 8.69. The van der Waals surface area contributed by atoms with Crippen molar-refractivity contribution >= 4 is 22.4 Å². The molecule has 0 aromatic heterocycles. The molecule has 1 amide bonds. The molecule has 0 saturated carbocycles. The molecular weight excluding hydrogens is 308 g/mol. The van der Waals surface area contributed by atoms with Gasteiger partial charge in [0.1, 0.15) is 0 Å². The van der Waals surface area contributed by atoms with Gasteiger partial charge >= 0.3 is 0 Å². The first kappa shape index (κ1) is 17.2. The van der Waals surface area contributed by atoms with Crippen LogP contribution in [0.15, 0.2) is 71.4 Å². The summed E-state index contributed by atoms with van der Waals surface area (Å²) < 4.78 is 0. The summed E-state index contributed by atoms with van der Waals surface area (Å²) in [6, 6.07) is 14.2. The van der Waals surface area contributed by atoms with Crippen molar-refractivity contribution in [2.24, 2.45) is 11.0 Å². The number of hydrogen-bond acceptors (Lipinski definition) is 2. The van der Waals surface area contributed by atoms with Crippen LogP contribution in [-0.2, 0) is 11.2 Å². The van der Waals surface area contributed by atoms with Gasteiger partial charge in [-0.05, 0) is 54.5 Å². The van der Waals surface area contributed by atoms with Gasteiger partial charge in [-0.3, -0.25) is 4.79 Å². The Bertz CT molecular complexity index is 871. The molecule has 1 aliphatic carbocycles. The van der Waals surface area contributed by atoms with Crippen LogP contribution in [0.4, 0.5) is 0 Å². The van der Waals surface area contributed by atoms with E-state index in [1.165, 1.54) is 5.57 Å². The lowest BCUT2D eigenvalue weighted by Crippen LogP contribution is -2.24. The van der Waals surface area contributed by atoms with Gasteiger partial charge in [-0.15, -0.1) is 0 Å². The van der Waals surface area contributed by atoms with Crippen molar-refractivity contribution in [2.75, 3.05) is 0 Å². The maximum Gasteiger partial charge on any atom is 0.244 e. The van der Waals surface area contributed by atoms with E-state index in [2.05, 4.69) is 48.3 Å². The van der Waals surface area contributed by atoms with E-state index in [1.807, 2.05) is 31.2 Å². The minimum absolute atomic E-state index is 0.0888. The van der Waals surface area contributed by atoms with Crippen LogP contribution < -0.4 is 5.43 Å². The summed E-state index contributed by atoms with van der Waals surface area (Å²) in [5, 5.41) is 6.64. The quantitative estimate of drug-likeness (QED) is 0.635. The molecule has 0 saturated heterocycles. The number of hydrazone groups is 1. The van der Waals surface area contributed by atoms with Crippen molar-refractivity contribution in [1.82, 2.24) is 5.43 Å². The zero-order chi connectivity index (χ0) is 17.8. The second-order valence-corrected chi connectivity index (χ2v) is 6.78. The second kappa shape index (κ2) is 7.47. The van der Waals surface area contributed by atoms with Crippen molar-refractivity contribution in [1.29, 1.82) is 0 Å². The molecule has 1 aliphatic rings. The van der Waals surface area contributed by atoms with Crippen LogP contribution in [0, 0.1) is 5.92 Å². The van der Waals surface area contributed by atoms with E-state index < -0.39 is 0 Å². The zero-order valence-corrected chi connectivity index (χ0v) is 14.9. The highest BCUT2D eigenvalue weighted by atomic mass is 16.2. The van der Waals surface area contributed by atoms with Gasteiger partial charge in [0.05, 0.1) is 12.1 Å². The standard InChI is InChI=1S/C22H24N2O/c1-15(2)18-12-11-16(3)21(13-18)23-24-22(25)14-19-9-6-8-17-7-4-5-10-20(17)19/h4-11,18H,1,12-14H2,2-3H3,(H,24,25). The van der Waals surface area contributed by atoms with Crippen molar-refractivity contribution in [2.45, 2.75) is 33.1 Å². The third kappa shape index (κ3) is 4.05. The molecule has 1 atom stereocenters. The first-order valence-corrected chi connectivity index (χ1v) is 8.69. The molecule has 3 nitrogen and oxygen atoms in total. The summed E-state index contributed by atoms with van der Waals surface area (Å²) >= 11 is 0. The monoisotopic (exact) mass is 332 g/mol. The number of nitrogens with zero attached hydrogens (tertiary/aromatic N) is 1. The third-order valence-electron chi connectivity index (χ3n) is 4.85. The third-order valence-corrected chi connectivity index (χ3v) is 4.85. The molecule has 128 valence electrons. The minimum atomic E-state index is -0.0888. The van der Waals surface area contributed by atoms with Crippen molar-refractivity contribution in [3.8, 4) is 0 Å². The Labute approximate surface area is 149 Å². The van der Waals surface area contributed by atoms with E-state index in [-0.39, 0.29) is 5.91 Å². The van der Waals surface area contributed by atoms with E-state index >= 15 is 0 Å². The first-order chi connectivity index (χ1) is 12.0. The molecule has 0 fully saturated rings. The molecule has 0 aliphatic heterocycles.